The number of rotatable bonds is 5. The van der Waals surface area contributed by atoms with E-state index in [1.165, 1.54) is 6.07 Å². The van der Waals surface area contributed by atoms with E-state index in [1.807, 2.05) is 32.0 Å². The molecule has 1 fully saturated rings. The fourth-order valence-corrected chi connectivity index (χ4v) is 3.98. The highest BCUT2D eigenvalue weighted by Gasteiger charge is 2.44. The van der Waals surface area contributed by atoms with Gasteiger partial charge in [-0.25, -0.2) is 0 Å². The molecule has 0 saturated carbocycles. The van der Waals surface area contributed by atoms with Crippen molar-refractivity contribution in [3.05, 3.63) is 75.3 Å². The number of nitrogens with zero attached hydrogens (tertiary/aromatic N) is 2. The summed E-state index contributed by atoms with van der Waals surface area (Å²) in [5.74, 6) is -1.24. The van der Waals surface area contributed by atoms with Crippen LogP contribution in [0.2, 0.25) is 0 Å². The third kappa shape index (κ3) is 3.85. The molecule has 29 heavy (non-hydrogen) atoms. The van der Waals surface area contributed by atoms with Crippen molar-refractivity contribution in [3.8, 4) is 0 Å². The van der Waals surface area contributed by atoms with Gasteiger partial charge in [0.1, 0.15) is 0 Å². The summed E-state index contributed by atoms with van der Waals surface area (Å²) in [6.45, 7) is 4.28. The second-order valence-electron chi connectivity index (χ2n) is 7.73. The predicted octanol–water partition coefficient (Wildman–Crippen LogP) is 3.98. The zero-order valence-electron chi connectivity index (χ0n) is 16.5. The largest absolute Gasteiger partial charge is 0.481 e. The Morgan fingerprint density at radius 2 is 1.72 bits per heavy atom. The van der Waals surface area contributed by atoms with Crippen molar-refractivity contribution in [3.63, 3.8) is 0 Å². The Balaban J connectivity index is 1.82. The van der Waals surface area contributed by atoms with E-state index in [2.05, 4.69) is 0 Å². The Morgan fingerprint density at radius 3 is 2.24 bits per heavy atom. The topological polar surface area (TPSA) is 101 Å². The van der Waals surface area contributed by atoms with E-state index in [1.54, 1.807) is 29.2 Å². The molecule has 7 heteroatoms. The fraction of sp³-hybridized carbons (Fsp3) is 0.364. The number of hydrogen-bond acceptors (Lipinski definition) is 4. The van der Waals surface area contributed by atoms with Crippen LogP contribution in [-0.2, 0) is 10.2 Å². The lowest BCUT2D eigenvalue weighted by atomic mass is 9.72. The van der Waals surface area contributed by atoms with Crippen LogP contribution < -0.4 is 0 Å². The minimum Gasteiger partial charge on any atom is -0.481 e. The molecule has 1 amide bonds. The van der Waals surface area contributed by atoms with Gasteiger partial charge in [0.25, 0.3) is 11.6 Å². The Hall–Kier alpha value is -3.22. The van der Waals surface area contributed by atoms with Gasteiger partial charge in [0.15, 0.2) is 0 Å². The first-order valence-electron chi connectivity index (χ1n) is 9.63. The number of likely N-dealkylation sites (tertiary alicyclic amines) is 1. The lowest BCUT2D eigenvalue weighted by Gasteiger charge is -2.39. The van der Waals surface area contributed by atoms with Crippen LogP contribution in [0.3, 0.4) is 0 Å². The molecule has 0 aliphatic carbocycles. The van der Waals surface area contributed by atoms with Crippen molar-refractivity contribution >= 4 is 17.6 Å². The Bertz CT molecular complexity index is 931. The van der Waals surface area contributed by atoms with E-state index < -0.39 is 16.3 Å². The van der Waals surface area contributed by atoms with E-state index >= 15 is 0 Å². The normalized spacial score (nSPS) is 15.9. The average Bonchev–Trinajstić information content (AvgIpc) is 2.73. The quantitative estimate of drug-likeness (QED) is 0.609. The SMILES string of the molecule is CC(C)c1ccc(C(=O)N2CCC(C(=O)O)(c3ccccc3)CC2)cc1[N+](=O)[O-]. The number of piperidine rings is 1. The van der Waals surface area contributed by atoms with Crippen LogP contribution in [0.1, 0.15) is 54.1 Å². The van der Waals surface area contributed by atoms with Gasteiger partial charge in [-0.05, 0) is 30.4 Å². The molecule has 2 aromatic rings. The van der Waals surface area contributed by atoms with Crippen molar-refractivity contribution in [2.45, 2.75) is 38.0 Å². The summed E-state index contributed by atoms with van der Waals surface area (Å²) in [7, 11) is 0. The summed E-state index contributed by atoms with van der Waals surface area (Å²) >= 11 is 0. The van der Waals surface area contributed by atoms with Crippen LogP contribution in [0.4, 0.5) is 5.69 Å². The van der Waals surface area contributed by atoms with Crippen LogP contribution in [0.5, 0.6) is 0 Å². The lowest BCUT2D eigenvalue weighted by Crippen LogP contribution is -2.49. The number of benzene rings is 2. The number of nitro benzene ring substituents is 1. The molecule has 0 unspecified atom stereocenters. The Labute approximate surface area is 169 Å². The monoisotopic (exact) mass is 396 g/mol. The van der Waals surface area contributed by atoms with Gasteiger partial charge in [-0.2, -0.15) is 0 Å². The zero-order valence-corrected chi connectivity index (χ0v) is 16.5. The molecule has 0 atom stereocenters. The number of carboxylic acid groups (broad SMARTS) is 1. The molecule has 1 aliphatic heterocycles. The second kappa shape index (κ2) is 8.03. The maximum atomic E-state index is 12.9. The van der Waals surface area contributed by atoms with Crippen molar-refractivity contribution in [1.29, 1.82) is 0 Å². The molecule has 3 rings (SSSR count). The summed E-state index contributed by atoms with van der Waals surface area (Å²) < 4.78 is 0. The van der Waals surface area contributed by atoms with E-state index in [0.717, 1.165) is 5.56 Å². The van der Waals surface area contributed by atoms with Crippen LogP contribution in [0.15, 0.2) is 48.5 Å². The van der Waals surface area contributed by atoms with Gasteiger partial charge < -0.3 is 10.0 Å². The molecule has 0 aromatic heterocycles. The summed E-state index contributed by atoms with van der Waals surface area (Å²) in [5, 5.41) is 21.3. The first-order valence-corrected chi connectivity index (χ1v) is 9.63. The highest BCUT2D eigenvalue weighted by atomic mass is 16.6. The van der Waals surface area contributed by atoms with E-state index in [9.17, 15) is 24.8 Å². The van der Waals surface area contributed by atoms with Gasteiger partial charge in [0, 0.05) is 30.3 Å². The fourth-order valence-electron chi connectivity index (χ4n) is 3.98. The zero-order chi connectivity index (χ0) is 21.2. The Morgan fingerprint density at radius 1 is 1.10 bits per heavy atom. The number of carbonyl (C=O) groups excluding carboxylic acids is 1. The highest BCUT2D eigenvalue weighted by molar-refractivity contribution is 5.95. The van der Waals surface area contributed by atoms with Crippen molar-refractivity contribution in [2.24, 2.45) is 0 Å². The van der Waals surface area contributed by atoms with Gasteiger partial charge in [-0.3, -0.25) is 19.7 Å². The summed E-state index contributed by atoms with van der Waals surface area (Å²) in [5.41, 5.74) is 0.484. The third-order valence-electron chi connectivity index (χ3n) is 5.74. The third-order valence-corrected chi connectivity index (χ3v) is 5.74. The first-order chi connectivity index (χ1) is 13.8. The molecular formula is C22H24N2O5. The molecule has 1 aliphatic rings. The van der Waals surface area contributed by atoms with Gasteiger partial charge in [0.2, 0.25) is 0 Å². The lowest BCUT2D eigenvalue weighted by molar-refractivity contribution is -0.385. The predicted molar refractivity (Wildman–Crippen MR) is 108 cm³/mol. The maximum Gasteiger partial charge on any atom is 0.314 e. The molecular weight excluding hydrogens is 372 g/mol. The number of nitro groups is 1. The molecule has 1 N–H and O–H groups in total. The van der Waals surface area contributed by atoms with Crippen molar-refractivity contribution in [2.75, 3.05) is 13.1 Å². The van der Waals surface area contributed by atoms with Crippen LogP contribution in [0, 0.1) is 10.1 Å². The molecule has 7 nitrogen and oxygen atoms in total. The van der Waals surface area contributed by atoms with E-state index in [0.29, 0.717) is 18.4 Å². The standard InChI is InChI=1S/C22H24N2O5/c1-15(2)18-9-8-16(14-19(18)24(28)29)20(25)23-12-10-22(11-13-23,21(26)27)17-6-4-3-5-7-17/h3-9,14-15H,10-13H2,1-2H3,(H,26,27). The summed E-state index contributed by atoms with van der Waals surface area (Å²) in [6.07, 6.45) is 0.592. The van der Waals surface area contributed by atoms with Crippen molar-refractivity contribution in [1.82, 2.24) is 4.90 Å². The molecule has 0 radical (unpaired) electrons. The maximum absolute atomic E-state index is 12.9. The van der Waals surface area contributed by atoms with Gasteiger partial charge >= 0.3 is 5.97 Å². The number of hydrogen-bond donors (Lipinski definition) is 1. The average molecular weight is 396 g/mol. The van der Waals surface area contributed by atoms with Crippen molar-refractivity contribution < 1.29 is 19.6 Å². The minimum atomic E-state index is -1.02. The molecule has 1 saturated heterocycles. The molecule has 152 valence electrons. The van der Waals surface area contributed by atoms with Crippen LogP contribution >= 0.6 is 0 Å². The highest BCUT2D eigenvalue weighted by Crippen LogP contribution is 2.36. The molecule has 2 aromatic carbocycles. The minimum absolute atomic E-state index is 0.0309. The molecule has 0 bridgehead atoms. The van der Waals surface area contributed by atoms with E-state index in [-0.39, 0.29) is 36.2 Å². The summed E-state index contributed by atoms with van der Waals surface area (Å²) in [6, 6.07) is 13.6. The number of aliphatic carboxylic acids is 1. The van der Waals surface area contributed by atoms with Gasteiger partial charge in [-0.15, -0.1) is 0 Å². The molecule has 0 spiro atoms. The number of carboxylic acids is 1. The molecule has 1 heterocycles. The smallest absolute Gasteiger partial charge is 0.314 e. The number of carbonyl (C=O) groups is 2. The number of amides is 1. The Kier molecular flexibility index (Phi) is 5.68. The van der Waals surface area contributed by atoms with Gasteiger partial charge in [0.05, 0.1) is 10.3 Å². The van der Waals surface area contributed by atoms with E-state index in [4.69, 9.17) is 0 Å². The first kappa shape index (κ1) is 20.5. The van der Waals surface area contributed by atoms with Crippen LogP contribution in [-0.4, -0.2) is 39.9 Å². The second-order valence-corrected chi connectivity index (χ2v) is 7.73. The van der Waals surface area contributed by atoms with Crippen LogP contribution in [0.25, 0.3) is 0 Å². The summed E-state index contributed by atoms with van der Waals surface area (Å²) in [4.78, 5) is 37.5. The van der Waals surface area contributed by atoms with Gasteiger partial charge in [-0.1, -0.05) is 50.2 Å².